The topological polar surface area (TPSA) is 55.8 Å². The van der Waals surface area contributed by atoms with E-state index in [1.165, 1.54) is 25.9 Å². The van der Waals surface area contributed by atoms with E-state index in [4.69, 9.17) is 0 Å². The van der Waals surface area contributed by atoms with Gasteiger partial charge in [0.05, 0.1) is 12.1 Å². The monoisotopic (exact) mass is 299 g/mol. The number of likely N-dealkylation sites (N-methyl/N-ethyl adjacent to an activating group) is 1. The highest BCUT2D eigenvalue weighted by molar-refractivity contribution is 5.74. The predicted molar refractivity (Wildman–Crippen MR) is 86.4 cm³/mol. The summed E-state index contributed by atoms with van der Waals surface area (Å²) < 4.78 is 0. The van der Waals surface area contributed by atoms with Crippen LogP contribution in [0.5, 0.6) is 0 Å². The number of nitrogens with one attached hydrogen (secondary N) is 1. The van der Waals surface area contributed by atoms with E-state index < -0.39 is 5.60 Å². The minimum absolute atomic E-state index is 0.0772. The van der Waals surface area contributed by atoms with Crippen LogP contribution in [-0.2, 0) is 0 Å². The largest absolute Gasteiger partial charge is 0.389 e. The third-order valence-electron chi connectivity index (χ3n) is 3.92. The number of hydrogen-bond acceptors (Lipinski definition) is 3. The van der Waals surface area contributed by atoms with Gasteiger partial charge in [0, 0.05) is 19.6 Å². The molecule has 1 saturated heterocycles. The summed E-state index contributed by atoms with van der Waals surface area (Å²) in [5.74, 6) is 0.802. The molecule has 0 aromatic rings. The molecule has 0 spiro atoms. The fraction of sp³-hybridized carbons (Fsp3) is 0.938. The van der Waals surface area contributed by atoms with Crippen LogP contribution >= 0.6 is 0 Å². The Balaban J connectivity index is 2.20. The molecule has 1 unspecified atom stereocenters. The maximum Gasteiger partial charge on any atom is 0.317 e. The van der Waals surface area contributed by atoms with Crippen molar-refractivity contribution in [3.63, 3.8) is 0 Å². The normalized spacial score (nSPS) is 20.3. The molecule has 0 saturated carbocycles. The zero-order valence-corrected chi connectivity index (χ0v) is 14.2. The molecule has 5 nitrogen and oxygen atoms in total. The molecular formula is C16H33N3O2. The van der Waals surface area contributed by atoms with Crippen molar-refractivity contribution in [1.82, 2.24) is 15.1 Å². The molecule has 1 aliphatic rings. The summed E-state index contributed by atoms with van der Waals surface area (Å²) >= 11 is 0. The van der Waals surface area contributed by atoms with Crippen LogP contribution in [0.1, 0.15) is 47.0 Å². The summed E-state index contributed by atoms with van der Waals surface area (Å²) in [6, 6.07) is -0.0772. The van der Waals surface area contributed by atoms with Gasteiger partial charge in [0.2, 0.25) is 0 Å². The van der Waals surface area contributed by atoms with Gasteiger partial charge in [-0.25, -0.2) is 4.79 Å². The first-order valence-corrected chi connectivity index (χ1v) is 8.29. The number of carbonyl (C=O) groups excluding carboxylic acids is 1. The second kappa shape index (κ2) is 8.59. The molecule has 0 radical (unpaired) electrons. The van der Waals surface area contributed by atoms with Crippen molar-refractivity contribution in [2.45, 2.75) is 52.6 Å². The lowest BCUT2D eigenvalue weighted by Gasteiger charge is -2.31. The number of carbonyl (C=O) groups is 1. The number of aliphatic hydroxyl groups is 1. The molecule has 2 amide bonds. The number of nitrogens with zero attached hydrogens (tertiary/aromatic N) is 2. The van der Waals surface area contributed by atoms with Crippen LogP contribution in [0.25, 0.3) is 0 Å². The van der Waals surface area contributed by atoms with Gasteiger partial charge in [-0.2, -0.15) is 0 Å². The molecule has 0 bridgehead atoms. The summed E-state index contributed by atoms with van der Waals surface area (Å²) in [6.45, 7) is 12.8. The van der Waals surface area contributed by atoms with E-state index in [0.717, 1.165) is 18.9 Å². The molecule has 0 aliphatic carbocycles. The molecule has 1 aliphatic heterocycles. The van der Waals surface area contributed by atoms with E-state index in [0.29, 0.717) is 19.6 Å². The molecule has 1 atom stereocenters. The first kappa shape index (κ1) is 18.2. The Labute approximate surface area is 129 Å². The molecule has 0 aromatic carbocycles. The average Bonchev–Trinajstić information content (AvgIpc) is 2.40. The number of rotatable bonds is 7. The van der Waals surface area contributed by atoms with Gasteiger partial charge in [-0.05, 0) is 59.0 Å². The number of hydrogen-bond donors (Lipinski definition) is 2. The summed E-state index contributed by atoms with van der Waals surface area (Å²) in [5, 5.41) is 12.8. The fourth-order valence-corrected chi connectivity index (χ4v) is 2.89. The molecule has 0 aromatic heterocycles. The highest BCUT2D eigenvalue weighted by Crippen LogP contribution is 2.15. The Kier molecular flexibility index (Phi) is 7.46. The van der Waals surface area contributed by atoms with Crippen molar-refractivity contribution in [3.05, 3.63) is 0 Å². The summed E-state index contributed by atoms with van der Waals surface area (Å²) in [5.41, 5.74) is -0.850. The first-order valence-electron chi connectivity index (χ1n) is 8.29. The van der Waals surface area contributed by atoms with Crippen LogP contribution in [0, 0.1) is 5.92 Å². The van der Waals surface area contributed by atoms with Crippen LogP contribution in [-0.4, -0.2) is 65.8 Å². The lowest BCUT2D eigenvalue weighted by atomic mass is 10.0. The van der Waals surface area contributed by atoms with Gasteiger partial charge in [-0.15, -0.1) is 0 Å². The van der Waals surface area contributed by atoms with Gasteiger partial charge < -0.3 is 20.2 Å². The van der Waals surface area contributed by atoms with E-state index in [1.807, 2.05) is 6.92 Å². The highest BCUT2D eigenvalue weighted by Gasteiger charge is 2.21. The number of likely N-dealkylation sites (tertiary alicyclic amines) is 1. The second-order valence-corrected chi connectivity index (χ2v) is 6.96. The van der Waals surface area contributed by atoms with Crippen molar-refractivity contribution < 1.29 is 9.90 Å². The van der Waals surface area contributed by atoms with Crippen molar-refractivity contribution in [2.75, 3.05) is 39.3 Å². The summed E-state index contributed by atoms with van der Waals surface area (Å²) in [7, 11) is 0. The van der Waals surface area contributed by atoms with E-state index in [9.17, 15) is 9.90 Å². The van der Waals surface area contributed by atoms with E-state index in [1.54, 1.807) is 18.7 Å². The second-order valence-electron chi connectivity index (χ2n) is 6.96. The van der Waals surface area contributed by atoms with Gasteiger partial charge in [-0.3, -0.25) is 0 Å². The van der Waals surface area contributed by atoms with Crippen LogP contribution in [0.15, 0.2) is 0 Å². The SMILES string of the molecule is CCN(CC(C)(C)O)C(=O)NCCCN1CCCC(C)C1. The smallest absolute Gasteiger partial charge is 0.317 e. The average molecular weight is 299 g/mol. The van der Waals surface area contributed by atoms with Gasteiger partial charge in [0.15, 0.2) is 0 Å². The Bertz CT molecular complexity index is 315. The standard InChI is InChI=1S/C16H33N3O2/c1-5-19(13-16(3,4)21)15(20)17-9-7-11-18-10-6-8-14(2)12-18/h14,21H,5-13H2,1-4H3,(H,17,20). The Morgan fingerprint density at radius 3 is 2.76 bits per heavy atom. The molecule has 1 heterocycles. The van der Waals surface area contributed by atoms with Crippen molar-refractivity contribution in [2.24, 2.45) is 5.92 Å². The molecule has 1 fully saturated rings. The lowest BCUT2D eigenvalue weighted by molar-refractivity contribution is 0.0480. The third kappa shape index (κ3) is 7.67. The zero-order valence-electron chi connectivity index (χ0n) is 14.2. The number of piperidine rings is 1. The molecule has 1 rings (SSSR count). The summed E-state index contributed by atoms with van der Waals surface area (Å²) in [6.07, 6.45) is 3.62. The third-order valence-corrected chi connectivity index (χ3v) is 3.92. The maximum absolute atomic E-state index is 12.0. The summed E-state index contributed by atoms with van der Waals surface area (Å²) in [4.78, 5) is 16.2. The highest BCUT2D eigenvalue weighted by atomic mass is 16.3. The Hall–Kier alpha value is -0.810. The van der Waals surface area contributed by atoms with Gasteiger partial charge in [0.1, 0.15) is 0 Å². The molecule has 21 heavy (non-hydrogen) atoms. The molecule has 5 heteroatoms. The first-order chi connectivity index (χ1) is 9.81. The van der Waals surface area contributed by atoms with Crippen molar-refractivity contribution >= 4 is 6.03 Å². The van der Waals surface area contributed by atoms with Crippen molar-refractivity contribution in [3.8, 4) is 0 Å². The van der Waals surface area contributed by atoms with Crippen LogP contribution < -0.4 is 5.32 Å². The van der Waals surface area contributed by atoms with E-state index in [2.05, 4.69) is 17.1 Å². The van der Waals surface area contributed by atoms with Crippen LogP contribution in [0.2, 0.25) is 0 Å². The molecular weight excluding hydrogens is 266 g/mol. The van der Waals surface area contributed by atoms with Crippen LogP contribution in [0.3, 0.4) is 0 Å². The van der Waals surface area contributed by atoms with Gasteiger partial charge >= 0.3 is 6.03 Å². The quantitative estimate of drug-likeness (QED) is 0.706. The van der Waals surface area contributed by atoms with Crippen LogP contribution in [0.4, 0.5) is 4.79 Å². The van der Waals surface area contributed by atoms with E-state index in [-0.39, 0.29) is 6.03 Å². The van der Waals surface area contributed by atoms with E-state index >= 15 is 0 Å². The molecule has 124 valence electrons. The lowest BCUT2D eigenvalue weighted by Crippen LogP contribution is -2.47. The number of amides is 2. The predicted octanol–water partition coefficient (Wildman–Crippen LogP) is 1.91. The minimum atomic E-state index is -0.850. The van der Waals surface area contributed by atoms with Crippen molar-refractivity contribution in [1.29, 1.82) is 0 Å². The molecule has 2 N–H and O–H groups in total. The fourth-order valence-electron chi connectivity index (χ4n) is 2.89. The Morgan fingerprint density at radius 2 is 2.19 bits per heavy atom. The number of urea groups is 1. The van der Waals surface area contributed by atoms with Gasteiger partial charge in [0.25, 0.3) is 0 Å². The Morgan fingerprint density at radius 1 is 1.48 bits per heavy atom. The minimum Gasteiger partial charge on any atom is -0.389 e. The maximum atomic E-state index is 12.0. The zero-order chi connectivity index (χ0) is 15.9. The van der Waals surface area contributed by atoms with Gasteiger partial charge in [-0.1, -0.05) is 6.92 Å².